The molecule has 20 heavy (non-hydrogen) atoms. The Balaban J connectivity index is 0.00000200. The van der Waals surface area contributed by atoms with Crippen molar-refractivity contribution < 1.29 is 14.3 Å². The molecule has 0 unspecified atom stereocenters. The zero-order chi connectivity index (χ0) is 13.7. The number of aromatic hydroxyl groups is 1. The number of nitrogen functional groups attached to an aromatic ring is 1. The number of nitrogens with two attached hydrogens (primary N) is 1. The molecule has 1 aromatic heterocycles. The first-order valence-electron chi connectivity index (χ1n) is 5.72. The number of rotatable bonds is 4. The number of carbonyl (C=O) groups excluding carboxylic acids is 1. The highest BCUT2D eigenvalue weighted by Crippen LogP contribution is 2.20. The first kappa shape index (κ1) is 15.7. The molecule has 1 amide bonds. The third-order valence-electron chi connectivity index (χ3n) is 2.48. The molecule has 0 aliphatic carbocycles. The molecule has 0 atom stereocenters. The summed E-state index contributed by atoms with van der Waals surface area (Å²) >= 11 is 0. The summed E-state index contributed by atoms with van der Waals surface area (Å²) in [6.07, 6.45) is 4.38. The van der Waals surface area contributed by atoms with Crippen LogP contribution in [0.2, 0.25) is 0 Å². The summed E-state index contributed by atoms with van der Waals surface area (Å²) in [5.41, 5.74) is 6.61. The number of amides is 1. The average Bonchev–Trinajstić information content (AvgIpc) is 2.90. The minimum Gasteiger partial charge on any atom is -0.507 e. The van der Waals surface area contributed by atoms with E-state index >= 15 is 0 Å². The van der Waals surface area contributed by atoms with Crippen LogP contribution < -0.4 is 11.1 Å². The molecule has 0 aliphatic rings. The van der Waals surface area contributed by atoms with E-state index in [-0.39, 0.29) is 24.1 Å². The number of anilines is 1. The molecule has 5 nitrogen and oxygen atoms in total. The van der Waals surface area contributed by atoms with E-state index in [0.717, 1.165) is 0 Å². The van der Waals surface area contributed by atoms with Crippen molar-refractivity contribution in [3.63, 3.8) is 0 Å². The van der Waals surface area contributed by atoms with Crippen LogP contribution in [0, 0.1) is 0 Å². The summed E-state index contributed by atoms with van der Waals surface area (Å²) in [5, 5.41) is 12.2. The molecule has 6 heteroatoms. The van der Waals surface area contributed by atoms with Crippen LogP contribution in [0.1, 0.15) is 11.3 Å². The quantitative estimate of drug-likeness (QED) is 0.459. The average molecular weight is 295 g/mol. The molecular formula is C14H15ClN2O3. The lowest BCUT2D eigenvalue weighted by atomic mass is 10.1. The molecule has 0 aliphatic heterocycles. The van der Waals surface area contributed by atoms with Gasteiger partial charge in [-0.1, -0.05) is 0 Å². The standard InChI is InChI=1S/C14H14N2O3.ClH/c15-11-4-5-13(17)10(8-11)3-6-14(18)16-9-12-2-1-7-19-12;/h1-8,17H,9,15H2,(H,16,18);1H/b6-3+;. The maximum absolute atomic E-state index is 11.6. The van der Waals surface area contributed by atoms with Gasteiger partial charge in [0.05, 0.1) is 12.8 Å². The number of phenolic OH excluding ortho intramolecular Hbond substituents is 1. The molecule has 0 radical (unpaired) electrons. The van der Waals surface area contributed by atoms with Gasteiger partial charge in [-0.05, 0) is 36.4 Å². The van der Waals surface area contributed by atoms with Gasteiger partial charge in [0.15, 0.2) is 0 Å². The van der Waals surface area contributed by atoms with E-state index in [1.165, 1.54) is 18.2 Å². The summed E-state index contributed by atoms with van der Waals surface area (Å²) < 4.78 is 5.09. The highest BCUT2D eigenvalue weighted by molar-refractivity contribution is 5.92. The largest absolute Gasteiger partial charge is 0.507 e. The van der Waals surface area contributed by atoms with E-state index in [0.29, 0.717) is 23.6 Å². The molecule has 2 rings (SSSR count). The molecular weight excluding hydrogens is 280 g/mol. The molecule has 1 heterocycles. The SMILES string of the molecule is Cl.Nc1ccc(O)c(/C=C/C(=O)NCc2ccco2)c1. The molecule has 2 aromatic rings. The van der Waals surface area contributed by atoms with Crippen molar-refractivity contribution in [1.82, 2.24) is 5.32 Å². The zero-order valence-corrected chi connectivity index (χ0v) is 11.4. The Morgan fingerprint density at radius 3 is 2.90 bits per heavy atom. The lowest BCUT2D eigenvalue weighted by Crippen LogP contribution is -2.19. The minimum absolute atomic E-state index is 0. The Kier molecular flexibility index (Phi) is 5.68. The lowest BCUT2D eigenvalue weighted by molar-refractivity contribution is -0.116. The van der Waals surface area contributed by atoms with Crippen LogP contribution in [0.4, 0.5) is 5.69 Å². The number of nitrogens with one attached hydrogen (secondary N) is 1. The second-order valence-electron chi connectivity index (χ2n) is 3.95. The van der Waals surface area contributed by atoms with E-state index in [9.17, 15) is 9.90 Å². The number of carbonyl (C=O) groups is 1. The maximum atomic E-state index is 11.6. The topological polar surface area (TPSA) is 88.5 Å². The predicted molar refractivity (Wildman–Crippen MR) is 79.4 cm³/mol. The van der Waals surface area contributed by atoms with Gasteiger partial charge in [-0.3, -0.25) is 4.79 Å². The summed E-state index contributed by atoms with van der Waals surface area (Å²) in [4.78, 5) is 11.6. The molecule has 0 saturated heterocycles. The fourth-order valence-electron chi connectivity index (χ4n) is 1.52. The van der Waals surface area contributed by atoms with Gasteiger partial charge in [-0.25, -0.2) is 0 Å². The van der Waals surface area contributed by atoms with E-state index in [2.05, 4.69) is 5.32 Å². The van der Waals surface area contributed by atoms with Crippen molar-refractivity contribution in [2.75, 3.05) is 5.73 Å². The molecule has 106 valence electrons. The number of hydrogen-bond acceptors (Lipinski definition) is 4. The monoisotopic (exact) mass is 294 g/mol. The molecule has 1 aromatic carbocycles. The van der Waals surface area contributed by atoms with Gasteiger partial charge in [-0.15, -0.1) is 12.4 Å². The van der Waals surface area contributed by atoms with E-state index < -0.39 is 0 Å². The van der Waals surface area contributed by atoms with Crippen LogP contribution in [0.25, 0.3) is 6.08 Å². The van der Waals surface area contributed by atoms with Crippen molar-refractivity contribution in [2.45, 2.75) is 6.54 Å². The van der Waals surface area contributed by atoms with Crippen LogP contribution in [-0.2, 0) is 11.3 Å². The highest BCUT2D eigenvalue weighted by atomic mass is 35.5. The van der Waals surface area contributed by atoms with E-state index in [4.69, 9.17) is 10.2 Å². The number of phenols is 1. The molecule has 0 bridgehead atoms. The molecule has 0 spiro atoms. The van der Waals surface area contributed by atoms with Gasteiger partial charge in [0.2, 0.25) is 5.91 Å². The third kappa shape index (κ3) is 4.37. The van der Waals surface area contributed by atoms with E-state index in [1.807, 2.05) is 0 Å². The summed E-state index contributed by atoms with van der Waals surface area (Å²) in [6.45, 7) is 0.319. The maximum Gasteiger partial charge on any atom is 0.244 e. The zero-order valence-electron chi connectivity index (χ0n) is 10.6. The second kappa shape index (κ2) is 7.25. The predicted octanol–water partition coefficient (Wildman–Crippen LogP) is 2.32. The Bertz CT molecular complexity index is 594. The van der Waals surface area contributed by atoms with E-state index in [1.54, 1.807) is 30.5 Å². The summed E-state index contributed by atoms with van der Waals surface area (Å²) in [6, 6.07) is 8.18. The van der Waals surface area contributed by atoms with Crippen molar-refractivity contribution in [3.8, 4) is 5.75 Å². The smallest absolute Gasteiger partial charge is 0.244 e. The van der Waals surface area contributed by atoms with Gasteiger partial charge >= 0.3 is 0 Å². The summed E-state index contributed by atoms with van der Waals surface area (Å²) in [5.74, 6) is 0.469. The van der Waals surface area contributed by atoms with Gasteiger partial charge in [-0.2, -0.15) is 0 Å². The van der Waals surface area contributed by atoms with Gasteiger partial charge in [0, 0.05) is 17.3 Å². The fraction of sp³-hybridized carbons (Fsp3) is 0.0714. The third-order valence-corrected chi connectivity index (χ3v) is 2.48. The Morgan fingerprint density at radius 1 is 1.40 bits per heavy atom. The van der Waals surface area contributed by atoms with Crippen LogP contribution >= 0.6 is 12.4 Å². The fourth-order valence-corrected chi connectivity index (χ4v) is 1.52. The van der Waals surface area contributed by atoms with Crippen molar-refractivity contribution in [2.24, 2.45) is 0 Å². The van der Waals surface area contributed by atoms with Crippen molar-refractivity contribution in [1.29, 1.82) is 0 Å². The molecule has 4 N–H and O–H groups in total. The van der Waals surface area contributed by atoms with Gasteiger partial charge in [0.25, 0.3) is 0 Å². The van der Waals surface area contributed by atoms with Crippen molar-refractivity contribution >= 4 is 30.1 Å². The minimum atomic E-state index is -0.279. The first-order chi connectivity index (χ1) is 9.15. The molecule has 0 saturated carbocycles. The number of furan rings is 1. The highest BCUT2D eigenvalue weighted by Gasteiger charge is 2.01. The second-order valence-corrected chi connectivity index (χ2v) is 3.95. The Hall–Kier alpha value is -2.40. The van der Waals surface area contributed by atoms with Crippen LogP contribution in [0.3, 0.4) is 0 Å². The van der Waals surface area contributed by atoms with Gasteiger partial charge < -0.3 is 20.6 Å². The van der Waals surface area contributed by atoms with Crippen LogP contribution in [0.15, 0.2) is 47.1 Å². The number of benzene rings is 1. The van der Waals surface area contributed by atoms with Gasteiger partial charge in [0.1, 0.15) is 11.5 Å². The first-order valence-corrected chi connectivity index (χ1v) is 5.72. The van der Waals surface area contributed by atoms with Crippen molar-refractivity contribution in [3.05, 3.63) is 54.0 Å². The Morgan fingerprint density at radius 2 is 2.20 bits per heavy atom. The van der Waals surface area contributed by atoms with Crippen LogP contribution in [-0.4, -0.2) is 11.0 Å². The lowest BCUT2D eigenvalue weighted by Gasteiger charge is -2.01. The number of halogens is 1. The Labute approximate surface area is 122 Å². The molecule has 0 fully saturated rings. The number of hydrogen-bond donors (Lipinski definition) is 3. The summed E-state index contributed by atoms with van der Waals surface area (Å²) in [7, 11) is 0. The van der Waals surface area contributed by atoms with Crippen LogP contribution in [0.5, 0.6) is 5.75 Å². The normalized spacial score (nSPS) is 10.2.